The molecule has 290 valence electrons. The average molecular weight is 769 g/mol. The minimum absolute atomic E-state index is 0. The van der Waals surface area contributed by atoms with Gasteiger partial charge in [0.2, 0.25) is 0 Å². The van der Waals surface area contributed by atoms with E-state index in [2.05, 4.69) is 211 Å². The van der Waals surface area contributed by atoms with Gasteiger partial charge in [0, 0.05) is 94.7 Å². The second kappa shape index (κ2) is 73.9. The number of nitrogens with zero attached hydrogens (tertiary/aromatic N) is 4. The van der Waals surface area contributed by atoms with Crippen LogP contribution in [0.2, 0.25) is 0 Å². The van der Waals surface area contributed by atoms with Crippen molar-refractivity contribution in [3.05, 3.63) is 0 Å². The Balaban J connectivity index is -0.0000000114. The highest BCUT2D eigenvalue weighted by Crippen LogP contribution is 1.99. The van der Waals surface area contributed by atoms with Gasteiger partial charge in [-0.15, -0.1) is 10.8 Å². The zero-order chi connectivity index (χ0) is 29.1. The van der Waals surface area contributed by atoms with E-state index in [1.54, 1.807) is 6.92 Å². The summed E-state index contributed by atoms with van der Waals surface area (Å²) in [6, 6.07) is 0. The van der Waals surface area contributed by atoms with Gasteiger partial charge in [-0.1, -0.05) is 70.3 Å². The maximum atomic E-state index is 6.25. The molecule has 1 N–H and O–H groups in total. The lowest BCUT2D eigenvalue weighted by Crippen LogP contribution is -2.17. The van der Waals surface area contributed by atoms with E-state index in [0.29, 0.717) is 0 Å². The molecule has 0 aromatic carbocycles. The molecule has 0 saturated heterocycles. The fourth-order valence-corrected chi connectivity index (χ4v) is 1.16. The molecule has 0 bridgehead atoms. The molecule has 0 unspecified atom stereocenters. The normalized spacial score (nSPS) is 5.10. The van der Waals surface area contributed by atoms with E-state index in [9.17, 15) is 0 Å². The smallest absolute Gasteiger partial charge is 0.0515 e. The van der Waals surface area contributed by atoms with Crippen LogP contribution in [-0.4, -0.2) is 22.2 Å². The minimum atomic E-state index is -1.32. The molecule has 0 spiro atoms. The summed E-state index contributed by atoms with van der Waals surface area (Å²) in [7, 11) is -1.32. The molecule has 0 rings (SSSR count). The molecular weight excluding hydrogens is 696 g/mol. The molecule has 10 nitrogen and oxygen atoms in total. The highest BCUT2D eigenvalue weighted by molar-refractivity contribution is 8.44. The molecule has 0 aliphatic carbocycles. The largest absolute Gasteiger partial charge is 0.297 e. The maximum absolute atomic E-state index is 6.25. The van der Waals surface area contributed by atoms with Gasteiger partial charge in [-0.25, -0.2) is 22.4 Å². The number of rotatable bonds is 8. The lowest BCUT2D eigenvalue weighted by Gasteiger charge is -2.11. The van der Waals surface area contributed by atoms with Gasteiger partial charge in [-0.3, -0.25) is 4.33 Å². The first-order valence-corrected chi connectivity index (χ1v) is 12.0. The summed E-state index contributed by atoms with van der Waals surface area (Å²) in [5.74, 6) is 56.9. The Bertz CT molecular complexity index is 1780. The summed E-state index contributed by atoms with van der Waals surface area (Å²) in [6.45, 7) is 1.69. The zero-order valence-electron chi connectivity index (χ0n) is 20.2. The van der Waals surface area contributed by atoms with Crippen LogP contribution >= 0.6 is 12.9 Å². The Morgan fingerprint density at radius 2 is 0.918 bits per heavy atom. The zero-order valence-corrected chi connectivity index (χ0v) is 23.6. The molecule has 0 aromatic rings. The van der Waals surface area contributed by atoms with Gasteiger partial charge in [0.15, 0.2) is 0 Å². The highest BCUT2D eigenvalue weighted by Gasteiger charge is 2.03. The van der Waals surface area contributed by atoms with Gasteiger partial charge in [0.1, 0.15) is 0 Å². The Hall–Kier alpha value is -5.21. The standard InChI is InChI=1S/C25H4.8CH4.2B.H2N5O5S4.17H2/c1-3-5-7-9-11-13-15-17-19-21-23-25-24-22-20-18-16-14-12-10-8-6-4-2;;;;;;;;;;;1-2-3-4-5(6-8-9-11)7-10-14(12)13;;;;;;;;;;;;;;;;;/h1H,2H3;8*1H4;;;1,11H;17*1H/q;;;;;;;;;;;-1;;;;;;;;;;;;;;;;;/b;;;;;;;;;;;2-1?,4-3+;;;;;;;;;;;;;;;;;. The lowest BCUT2D eigenvalue weighted by atomic mass is 10.4. The number of hydrogen-bond acceptors (Lipinski definition) is 11. The van der Waals surface area contributed by atoms with Gasteiger partial charge in [0.05, 0.1) is 5.34 Å². The molecule has 0 heterocycles. The highest BCUT2D eigenvalue weighted by atomic mass is 33.1. The van der Waals surface area contributed by atoms with Gasteiger partial charge < -0.3 is 0 Å². The molecule has 0 aliphatic rings. The Labute approximate surface area is 343 Å². The van der Waals surface area contributed by atoms with Crippen LogP contribution in [0.25, 0.3) is 0 Å². The summed E-state index contributed by atoms with van der Waals surface area (Å²) >= 11 is 12.0. The van der Waals surface area contributed by atoms with Gasteiger partial charge >= 0.3 is 0 Å². The fourth-order valence-electron chi connectivity index (χ4n) is 0.878. The second-order valence-corrected chi connectivity index (χ2v) is 7.24. The predicted octanol–water partition coefficient (Wildman–Crippen LogP) is 9.75. The van der Waals surface area contributed by atoms with E-state index in [1.165, 1.54) is 0 Å². The monoisotopic (exact) mass is 768 g/mol. The van der Waals surface area contributed by atoms with E-state index >= 15 is 0 Å². The molecule has 0 fully saturated rings. The third kappa shape index (κ3) is 80.2. The molecule has 0 amide bonds. The van der Waals surface area contributed by atoms with Crippen LogP contribution in [0.3, 0.4) is 0 Å². The third-order valence-electron chi connectivity index (χ3n) is 1.88. The molecular formula is C33H72B2N5O5S4-. The first kappa shape index (κ1) is 79.3. The summed E-state index contributed by atoms with van der Waals surface area (Å²) in [6.07, 6.45) is 4.91. The third-order valence-corrected chi connectivity index (χ3v) is 2.45. The van der Waals surface area contributed by atoms with Crippen LogP contribution in [0.4, 0.5) is 0 Å². The lowest BCUT2D eigenvalue weighted by molar-refractivity contribution is -0.639. The van der Waals surface area contributed by atoms with Crippen LogP contribution in [0.15, 0.2) is 15.7 Å². The minimum Gasteiger partial charge on any atom is -0.297 e. The Morgan fingerprint density at radius 3 is 1.16 bits per heavy atom. The van der Waals surface area contributed by atoms with Gasteiger partial charge in [-0.2, -0.15) is 13.8 Å². The molecule has 6 radical (unpaired) electrons. The van der Waals surface area contributed by atoms with Crippen LogP contribution < -0.4 is 0 Å². The number of nitrogens with one attached hydrogen (secondary N) is 1. The van der Waals surface area contributed by atoms with Crippen molar-refractivity contribution in [2.45, 2.75) is 66.3 Å². The van der Waals surface area contributed by atoms with E-state index in [4.69, 9.17) is 12.0 Å². The van der Waals surface area contributed by atoms with E-state index in [0.717, 1.165) is 0 Å². The molecule has 0 aromatic heterocycles. The molecule has 0 atom stereocenters. The van der Waals surface area contributed by atoms with Crippen molar-refractivity contribution in [2.75, 3.05) is 0 Å². The molecule has 49 heavy (non-hydrogen) atoms. The first-order valence-electron chi connectivity index (χ1n) is 8.66. The topological polar surface area (TPSA) is 110 Å². The fraction of sp³-hybridized carbons (Fsp3) is 0.273. The van der Waals surface area contributed by atoms with E-state index in [-0.39, 0.29) is 106 Å². The van der Waals surface area contributed by atoms with Gasteiger partial charge in [-0.05, 0) is 122 Å². The second-order valence-electron chi connectivity index (χ2n) is 4.10. The van der Waals surface area contributed by atoms with Crippen molar-refractivity contribution in [3.8, 4) is 143 Å². The summed E-state index contributed by atoms with van der Waals surface area (Å²) in [5, 5.41) is 12.2. The first-order chi connectivity index (χ1) is 19.1. The summed E-state index contributed by atoms with van der Waals surface area (Å²) in [5.41, 5.74) is 6.25. The van der Waals surface area contributed by atoms with Crippen molar-refractivity contribution in [2.24, 2.45) is 15.7 Å². The van der Waals surface area contributed by atoms with Crippen molar-refractivity contribution >= 4 is 60.4 Å². The maximum Gasteiger partial charge on any atom is 0.0515 e. The average Bonchev–Trinajstić information content (AvgIpc) is 2.93. The van der Waals surface area contributed by atoms with Crippen molar-refractivity contribution in [1.29, 1.82) is 5.53 Å². The molecule has 0 aliphatic heterocycles. The Morgan fingerprint density at radius 1 is 0.612 bits per heavy atom. The van der Waals surface area contributed by atoms with E-state index < -0.39 is 8.29 Å². The number of terminal acetylenes is 1. The summed E-state index contributed by atoms with van der Waals surface area (Å²) < 4.78 is 7.96. The number of hydrogen-bond donors (Lipinski definition) is 2. The van der Waals surface area contributed by atoms with Crippen LogP contribution in [0.1, 0.15) is 90.6 Å². The van der Waals surface area contributed by atoms with Crippen LogP contribution in [-0.2, 0) is 54.4 Å². The van der Waals surface area contributed by atoms with Crippen LogP contribution in [0, 0.1) is 148 Å². The SMILES string of the molecule is C.C.C.C.C.C.C.C.C#CC#CC#CC#CC#CC#CC#CC#CC#CC#CC#CC#CC.N=N/N=N/N(OOOS)OO[S-](=S)=S.[B].[B].[HH].[HH].[HH].[HH].[HH].[HH].[HH].[HH].[HH].[HH].[HH].[HH].[HH].[HH].[HH].[HH].[HH]. The number of thiol groups is 1. The van der Waals surface area contributed by atoms with Crippen LogP contribution in [0.5, 0.6) is 0 Å². The molecule has 16 heteroatoms. The Kier molecular flexibility index (Phi) is 120. The van der Waals surface area contributed by atoms with Crippen molar-refractivity contribution in [1.82, 2.24) is 5.34 Å². The van der Waals surface area contributed by atoms with Crippen molar-refractivity contribution < 1.29 is 47.9 Å². The van der Waals surface area contributed by atoms with Crippen molar-refractivity contribution in [3.63, 3.8) is 0 Å². The van der Waals surface area contributed by atoms with Gasteiger partial charge in [0.25, 0.3) is 0 Å². The molecule has 0 saturated carbocycles. The predicted molar refractivity (Wildman–Crippen MR) is 250 cm³/mol. The quantitative estimate of drug-likeness (QED) is 0.0367. The van der Waals surface area contributed by atoms with E-state index in [1.807, 2.05) is 0 Å². The summed E-state index contributed by atoms with van der Waals surface area (Å²) in [4.78, 5) is 8.22.